The first-order chi connectivity index (χ1) is 20.4. The zero-order chi connectivity index (χ0) is 29.2. The van der Waals surface area contributed by atoms with E-state index >= 15 is 0 Å². The molecule has 0 radical (unpaired) electrons. The molecule has 1 amide bonds. The van der Waals surface area contributed by atoms with E-state index in [1.807, 2.05) is 65.7 Å². The predicted molar refractivity (Wildman–Crippen MR) is 162 cm³/mol. The minimum atomic E-state index is -1.43. The molecule has 1 spiro atoms. The molecule has 7 rings (SSSR count). The van der Waals surface area contributed by atoms with Gasteiger partial charge in [0.05, 0.1) is 24.1 Å². The van der Waals surface area contributed by atoms with E-state index in [2.05, 4.69) is 5.32 Å². The van der Waals surface area contributed by atoms with E-state index in [9.17, 15) is 14.4 Å². The van der Waals surface area contributed by atoms with Crippen LogP contribution in [0.4, 0.5) is 5.69 Å². The van der Waals surface area contributed by atoms with Gasteiger partial charge in [-0.15, -0.1) is 0 Å². The molecule has 1 fully saturated rings. The van der Waals surface area contributed by atoms with Gasteiger partial charge in [0.15, 0.2) is 11.6 Å². The summed E-state index contributed by atoms with van der Waals surface area (Å²) in [6.07, 6.45) is 3.74. The Bertz CT molecular complexity index is 1840. The monoisotopic (exact) mass is 594 g/mol. The van der Waals surface area contributed by atoms with Crippen LogP contribution in [0.15, 0.2) is 97.2 Å². The number of ether oxygens (including phenoxy) is 1. The van der Waals surface area contributed by atoms with E-state index in [1.165, 1.54) is 13.2 Å². The number of rotatable bonds is 5. The number of benzene rings is 4. The van der Waals surface area contributed by atoms with E-state index in [4.69, 9.17) is 27.9 Å². The Morgan fingerprint density at radius 2 is 1.69 bits per heavy atom. The van der Waals surface area contributed by atoms with Crippen molar-refractivity contribution >= 4 is 52.4 Å². The molecule has 0 bridgehead atoms. The van der Waals surface area contributed by atoms with Crippen LogP contribution in [-0.2, 0) is 10.2 Å². The maximum atomic E-state index is 14.9. The third-order valence-electron chi connectivity index (χ3n) is 8.67. The molecule has 208 valence electrons. The number of nitrogens with zero attached hydrogens (tertiary/aromatic N) is 1. The fourth-order valence-electron chi connectivity index (χ4n) is 6.97. The molecular formula is C34H24Cl2N2O4. The van der Waals surface area contributed by atoms with Crippen LogP contribution in [0.1, 0.15) is 43.4 Å². The van der Waals surface area contributed by atoms with E-state index < -0.39 is 23.4 Å². The number of fused-ring (bicyclic) bond motifs is 6. The summed E-state index contributed by atoms with van der Waals surface area (Å²) in [7, 11) is 1.53. The molecule has 42 heavy (non-hydrogen) atoms. The van der Waals surface area contributed by atoms with Gasteiger partial charge in [0, 0.05) is 28.0 Å². The van der Waals surface area contributed by atoms with Crippen LogP contribution in [0.3, 0.4) is 0 Å². The second-order valence-electron chi connectivity index (χ2n) is 10.7. The average Bonchev–Trinajstić information content (AvgIpc) is 3.48. The highest BCUT2D eigenvalue weighted by Crippen LogP contribution is 2.62. The first-order valence-electron chi connectivity index (χ1n) is 13.5. The maximum absolute atomic E-state index is 14.9. The third-order valence-corrected chi connectivity index (χ3v) is 9.22. The van der Waals surface area contributed by atoms with Crippen molar-refractivity contribution in [1.29, 1.82) is 0 Å². The first kappa shape index (κ1) is 26.5. The number of methoxy groups -OCH3 is 1. The molecule has 0 aliphatic carbocycles. The average molecular weight is 595 g/mol. The molecule has 0 unspecified atom stereocenters. The van der Waals surface area contributed by atoms with Crippen LogP contribution in [0.2, 0.25) is 10.0 Å². The van der Waals surface area contributed by atoms with Gasteiger partial charge in [0.2, 0.25) is 5.91 Å². The van der Waals surface area contributed by atoms with Crippen molar-refractivity contribution in [1.82, 2.24) is 4.90 Å². The van der Waals surface area contributed by atoms with E-state index in [1.54, 1.807) is 36.4 Å². The molecule has 8 heteroatoms. The number of carbonyl (C=O) groups is 3. The number of anilines is 1. The summed E-state index contributed by atoms with van der Waals surface area (Å²) in [6, 6.07) is 25.0. The van der Waals surface area contributed by atoms with Crippen molar-refractivity contribution < 1.29 is 19.1 Å². The third kappa shape index (κ3) is 3.68. The summed E-state index contributed by atoms with van der Waals surface area (Å²) >= 11 is 12.8. The smallest absolute Gasteiger partial charge is 0.238 e. The Hall–Kier alpha value is -4.39. The van der Waals surface area contributed by atoms with Gasteiger partial charge in [0.25, 0.3) is 0 Å². The minimum Gasteiger partial charge on any atom is -0.497 e. The Balaban J connectivity index is 1.54. The zero-order valence-corrected chi connectivity index (χ0v) is 23.9. The fourth-order valence-corrected chi connectivity index (χ4v) is 7.47. The molecule has 1 saturated heterocycles. The van der Waals surface area contributed by atoms with Gasteiger partial charge in [-0.05, 0) is 59.2 Å². The number of Topliss-reactive ketones (excluding diaryl/α,β-unsaturated/α-hetero) is 2. The largest absolute Gasteiger partial charge is 0.497 e. The predicted octanol–water partition coefficient (Wildman–Crippen LogP) is 6.98. The van der Waals surface area contributed by atoms with Crippen molar-refractivity contribution in [3.8, 4) is 5.75 Å². The number of nitrogens with one attached hydrogen (secondary N) is 1. The fraction of sp³-hybridized carbons (Fsp3) is 0.147. The van der Waals surface area contributed by atoms with E-state index in [0.29, 0.717) is 27.6 Å². The van der Waals surface area contributed by atoms with Crippen molar-refractivity contribution in [2.24, 2.45) is 5.92 Å². The lowest BCUT2D eigenvalue weighted by molar-refractivity contribution is -0.122. The number of hydrogen-bond acceptors (Lipinski definition) is 5. The van der Waals surface area contributed by atoms with Gasteiger partial charge in [-0.25, -0.2) is 0 Å². The standard InChI is InChI=1S/C34H24Cl2N2O4/c1-42-22-9-6-8-20(17-22)30(39)28-29(31(40)24-14-13-21(35)18-26(24)36)38-16-15-19-7-2-3-10-23(19)32(38)34(28)25-11-4-5-12-27(25)37-33(34)41/h2-18,28-29,32H,1H3,(H,37,41)/t28-,29-,32+,34+/m0/s1. The van der Waals surface area contributed by atoms with Gasteiger partial charge < -0.3 is 15.0 Å². The summed E-state index contributed by atoms with van der Waals surface area (Å²) in [4.78, 5) is 45.9. The summed E-state index contributed by atoms with van der Waals surface area (Å²) < 4.78 is 5.42. The molecule has 4 aromatic carbocycles. The number of carbonyl (C=O) groups excluding carboxylic acids is 3. The number of para-hydroxylation sites is 1. The maximum Gasteiger partial charge on any atom is 0.238 e. The molecule has 3 aliphatic heterocycles. The summed E-state index contributed by atoms with van der Waals surface area (Å²) in [5.41, 5.74) is 2.20. The molecular weight excluding hydrogens is 571 g/mol. The molecule has 6 nitrogen and oxygen atoms in total. The molecule has 4 atom stereocenters. The first-order valence-corrected chi connectivity index (χ1v) is 14.2. The number of ketones is 2. The summed E-state index contributed by atoms with van der Waals surface area (Å²) in [6.45, 7) is 0. The molecule has 1 N–H and O–H groups in total. The molecule has 3 aliphatic rings. The van der Waals surface area contributed by atoms with Crippen molar-refractivity contribution in [2.45, 2.75) is 17.5 Å². The quantitative estimate of drug-likeness (QED) is 0.252. The van der Waals surface area contributed by atoms with Crippen LogP contribution in [-0.4, -0.2) is 35.5 Å². The van der Waals surface area contributed by atoms with Crippen LogP contribution in [0, 0.1) is 5.92 Å². The second-order valence-corrected chi connectivity index (χ2v) is 11.5. The highest BCUT2D eigenvalue weighted by molar-refractivity contribution is 6.37. The number of hydrogen-bond donors (Lipinski definition) is 1. The van der Waals surface area contributed by atoms with Crippen LogP contribution in [0.5, 0.6) is 5.75 Å². The Labute approximate surface area is 252 Å². The van der Waals surface area contributed by atoms with E-state index in [-0.39, 0.29) is 28.1 Å². The molecule has 0 saturated carbocycles. The summed E-state index contributed by atoms with van der Waals surface area (Å²) in [5.74, 6) is -1.67. The van der Waals surface area contributed by atoms with Gasteiger partial charge in [-0.1, -0.05) is 77.8 Å². The second kappa shape index (κ2) is 9.86. The topological polar surface area (TPSA) is 75.7 Å². The van der Waals surface area contributed by atoms with Gasteiger partial charge in [-0.3, -0.25) is 14.4 Å². The van der Waals surface area contributed by atoms with Crippen LogP contribution < -0.4 is 10.1 Å². The van der Waals surface area contributed by atoms with Crippen molar-refractivity contribution in [3.05, 3.63) is 135 Å². The Kier molecular flexibility index (Phi) is 6.22. The molecule has 0 aromatic heterocycles. The van der Waals surface area contributed by atoms with Crippen LogP contribution in [0.25, 0.3) is 6.08 Å². The van der Waals surface area contributed by atoms with Crippen LogP contribution >= 0.6 is 23.2 Å². The highest BCUT2D eigenvalue weighted by atomic mass is 35.5. The van der Waals surface area contributed by atoms with E-state index in [0.717, 1.165) is 11.1 Å². The lowest BCUT2D eigenvalue weighted by Crippen LogP contribution is -2.49. The van der Waals surface area contributed by atoms with Gasteiger partial charge in [0.1, 0.15) is 17.2 Å². The van der Waals surface area contributed by atoms with Crippen molar-refractivity contribution in [2.75, 3.05) is 12.4 Å². The van der Waals surface area contributed by atoms with Gasteiger partial charge in [-0.2, -0.15) is 0 Å². The Morgan fingerprint density at radius 3 is 2.50 bits per heavy atom. The molecule has 4 aromatic rings. The zero-order valence-electron chi connectivity index (χ0n) is 22.4. The van der Waals surface area contributed by atoms with Gasteiger partial charge >= 0.3 is 0 Å². The summed E-state index contributed by atoms with van der Waals surface area (Å²) in [5, 5.41) is 3.61. The lowest BCUT2D eigenvalue weighted by Gasteiger charge is -2.38. The van der Waals surface area contributed by atoms with Crippen molar-refractivity contribution in [3.63, 3.8) is 0 Å². The number of amides is 1. The minimum absolute atomic E-state index is 0.176. The number of halogens is 2. The highest BCUT2D eigenvalue weighted by Gasteiger charge is 2.70. The Morgan fingerprint density at radius 1 is 0.905 bits per heavy atom. The SMILES string of the molecule is COc1cccc(C(=O)[C@@H]2[C@@H](C(=O)c3ccc(Cl)cc3Cl)N3C=Cc4ccccc4[C@@H]3[C@]23C(=O)Nc2ccccc23)c1. The molecule has 3 heterocycles. The normalized spacial score (nSPS) is 23.3. The lowest BCUT2D eigenvalue weighted by atomic mass is 9.62.